The Morgan fingerprint density at radius 1 is 1.14 bits per heavy atom. The number of hydrogen-bond acceptors (Lipinski definition) is 3. The molecule has 0 aromatic heterocycles. The minimum absolute atomic E-state index is 0.333. The van der Waals surface area contributed by atoms with E-state index in [1.165, 1.54) is 0 Å². The molecule has 4 heteroatoms. The average molecular weight is 306 g/mol. The first-order valence-corrected chi connectivity index (χ1v) is 9.27. The van der Waals surface area contributed by atoms with Crippen molar-refractivity contribution in [2.75, 3.05) is 0 Å². The first-order valence-electron chi connectivity index (χ1n) is 7.66. The highest BCUT2D eigenvalue weighted by atomic mass is 32.2. The second-order valence-electron chi connectivity index (χ2n) is 6.41. The second-order valence-corrected chi connectivity index (χ2v) is 8.93. The van der Waals surface area contributed by atoms with E-state index in [9.17, 15) is 13.5 Å². The fourth-order valence-corrected chi connectivity index (χ4v) is 6.31. The number of sulfone groups is 1. The Kier molecular flexibility index (Phi) is 3.93. The summed E-state index contributed by atoms with van der Waals surface area (Å²) in [6, 6.07) is 9.96. The lowest BCUT2D eigenvalue weighted by atomic mass is 9.83. The third-order valence-corrected chi connectivity index (χ3v) is 7.47. The van der Waals surface area contributed by atoms with Crippen molar-refractivity contribution in [3.63, 3.8) is 0 Å². The molecule has 1 N–H and O–H groups in total. The van der Waals surface area contributed by atoms with Gasteiger partial charge in [0.25, 0.3) is 0 Å². The summed E-state index contributed by atoms with van der Waals surface area (Å²) >= 11 is 0. The highest BCUT2D eigenvalue weighted by Crippen LogP contribution is 2.42. The third-order valence-electron chi connectivity index (χ3n) is 4.80. The van der Waals surface area contributed by atoms with Crippen LogP contribution in [0.1, 0.15) is 44.1 Å². The Balaban J connectivity index is 1.70. The van der Waals surface area contributed by atoms with Gasteiger partial charge in [0.15, 0.2) is 9.84 Å². The first-order chi connectivity index (χ1) is 10.00. The molecule has 2 bridgehead atoms. The summed E-state index contributed by atoms with van der Waals surface area (Å²) in [6.07, 6.45) is 7.69. The average Bonchev–Trinajstić information content (AvgIpc) is 2.42. The second kappa shape index (κ2) is 5.58. The Labute approximate surface area is 126 Å². The Morgan fingerprint density at radius 2 is 1.76 bits per heavy atom. The maximum atomic E-state index is 12.2. The number of fused-ring (bicyclic) bond motifs is 2. The molecule has 0 radical (unpaired) electrons. The molecule has 2 aliphatic heterocycles. The van der Waals surface area contributed by atoms with E-state index in [1.807, 2.05) is 42.5 Å². The largest absolute Gasteiger partial charge is 0.389 e. The molecule has 0 aliphatic carbocycles. The van der Waals surface area contributed by atoms with Gasteiger partial charge >= 0.3 is 0 Å². The normalized spacial score (nSPS) is 34.9. The van der Waals surface area contributed by atoms with Crippen molar-refractivity contribution >= 4 is 15.9 Å². The van der Waals surface area contributed by atoms with Gasteiger partial charge in [-0.25, -0.2) is 8.42 Å². The van der Waals surface area contributed by atoms with Gasteiger partial charge in [0.05, 0.1) is 16.1 Å². The van der Waals surface area contributed by atoms with Crippen molar-refractivity contribution in [1.82, 2.24) is 0 Å². The maximum Gasteiger partial charge on any atom is 0.156 e. The molecular formula is C17H22O3S. The number of rotatable bonds is 3. The molecule has 1 aromatic rings. The molecule has 21 heavy (non-hydrogen) atoms. The predicted octanol–water partition coefficient (Wildman–Crippen LogP) is 2.95. The van der Waals surface area contributed by atoms with E-state index in [0.717, 1.165) is 12.0 Å². The van der Waals surface area contributed by atoms with Gasteiger partial charge in [0.2, 0.25) is 0 Å². The van der Waals surface area contributed by atoms with E-state index < -0.39 is 15.4 Å². The highest BCUT2D eigenvalue weighted by molar-refractivity contribution is 7.92. The van der Waals surface area contributed by atoms with Gasteiger partial charge in [-0.05, 0) is 37.7 Å². The van der Waals surface area contributed by atoms with Crippen LogP contribution in [0.25, 0.3) is 6.08 Å². The molecule has 3 nitrogen and oxygen atoms in total. The molecular weight excluding hydrogens is 284 g/mol. The molecule has 114 valence electrons. The van der Waals surface area contributed by atoms with E-state index in [-0.39, 0.29) is 10.5 Å². The SMILES string of the molecule is O=S1(=O)C2CCCC1CC(O)(C/C=C/c1ccccc1)C2. The summed E-state index contributed by atoms with van der Waals surface area (Å²) in [5, 5.41) is 10.1. The van der Waals surface area contributed by atoms with Crippen molar-refractivity contribution in [2.45, 2.75) is 54.6 Å². The molecule has 0 saturated carbocycles. The summed E-state index contributed by atoms with van der Waals surface area (Å²) < 4.78 is 24.5. The fraction of sp³-hybridized carbons (Fsp3) is 0.529. The summed E-state index contributed by atoms with van der Waals surface area (Å²) in [4.78, 5) is 0. The zero-order chi connectivity index (χ0) is 14.9. The number of aliphatic hydroxyl groups is 1. The molecule has 0 spiro atoms. The molecule has 1 aromatic carbocycles. The minimum Gasteiger partial charge on any atom is -0.389 e. The van der Waals surface area contributed by atoms with Crippen LogP contribution in [0.15, 0.2) is 36.4 Å². The quantitative estimate of drug-likeness (QED) is 0.934. The van der Waals surface area contributed by atoms with Gasteiger partial charge in [-0.2, -0.15) is 0 Å². The smallest absolute Gasteiger partial charge is 0.156 e. The van der Waals surface area contributed by atoms with E-state index in [2.05, 4.69) is 0 Å². The van der Waals surface area contributed by atoms with Crippen LogP contribution in [0.2, 0.25) is 0 Å². The van der Waals surface area contributed by atoms with Gasteiger partial charge in [-0.3, -0.25) is 0 Å². The van der Waals surface area contributed by atoms with E-state index in [1.54, 1.807) is 0 Å². The van der Waals surface area contributed by atoms with Crippen molar-refractivity contribution in [3.8, 4) is 0 Å². The third kappa shape index (κ3) is 3.06. The molecule has 2 atom stereocenters. The zero-order valence-electron chi connectivity index (χ0n) is 12.1. The fourth-order valence-electron chi connectivity index (χ4n) is 3.69. The van der Waals surface area contributed by atoms with Gasteiger partial charge in [-0.15, -0.1) is 0 Å². The Hall–Kier alpha value is -1.13. The van der Waals surface area contributed by atoms with E-state index in [4.69, 9.17) is 0 Å². The van der Waals surface area contributed by atoms with Crippen LogP contribution in [0.4, 0.5) is 0 Å². The molecule has 0 amide bonds. The Bertz CT molecular complexity index is 599. The summed E-state index contributed by atoms with van der Waals surface area (Å²) in [5.74, 6) is 0. The van der Waals surface area contributed by atoms with Crippen molar-refractivity contribution in [1.29, 1.82) is 0 Å². The van der Waals surface area contributed by atoms with Crippen molar-refractivity contribution in [2.24, 2.45) is 0 Å². The van der Waals surface area contributed by atoms with Crippen LogP contribution in [0, 0.1) is 0 Å². The van der Waals surface area contributed by atoms with Crippen molar-refractivity contribution < 1.29 is 13.5 Å². The molecule has 2 heterocycles. The minimum atomic E-state index is -3.00. The van der Waals surface area contributed by atoms with Crippen LogP contribution in [-0.2, 0) is 9.84 Å². The molecule has 3 rings (SSSR count). The van der Waals surface area contributed by atoms with E-state index >= 15 is 0 Å². The van der Waals surface area contributed by atoms with Gasteiger partial charge in [0, 0.05) is 0 Å². The van der Waals surface area contributed by atoms with Crippen LogP contribution >= 0.6 is 0 Å². The van der Waals surface area contributed by atoms with E-state index in [0.29, 0.717) is 32.1 Å². The monoisotopic (exact) mass is 306 g/mol. The highest BCUT2D eigenvalue weighted by Gasteiger charge is 2.49. The summed E-state index contributed by atoms with van der Waals surface area (Å²) in [7, 11) is -3.00. The van der Waals surface area contributed by atoms with Crippen LogP contribution < -0.4 is 0 Å². The van der Waals surface area contributed by atoms with Crippen LogP contribution in [0.5, 0.6) is 0 Å². The maximum absolute atomic E-state index is 12.2. The van der Waals surface area contributed by atoms with Gasteiger partial charge < -0.3 is 5.11 Å². The Morgan fingerprint density at radius 3 is 2.38 bits per heavy atom. The molecule has 2 aliphatic rings. The lowest BCUT2D eigenvalue weighted by Gasteiger charge is -2.43. The standard InChI is InChI=1S/C17H22O3S/c18-17(11-5-8-14-6-2-1-3-7-14)12-15-9-4-10-16(13-17)21(15,19)20/h1-3,5-8,15-16,18H,4,9-13H2/b8-5+. The lowest BCUT2D eigenvalue weighted by molar-refractivity contribution is 0.0125. The van der Waals surface area contributed by atoms with Crippen LogP contribution in [0.3, 0.4) is 0 Å². The first kappa shape index (κ1) is 14.8. The predicted molar refractivity (Wildman–Crippen MR) is 84.6 cm³/mol. The molecule has 2 unspecified atom stereocenters. The molecule has 2 saturated heterocycles. The summed E-state index contributed by atoms with van der Waals surface area (Å²) in [5.41, 5.74) is 0.247. The van der Waals surface area contributed by atoms with Gasteiger partial charge in [-0.1, -0.05) is 48.9 Å². The number of benzene rings is 1. The summed E-state index contributed by atoms with van der Waals surface area (Å²) in [6.45, 7) is 0. The zero-order valence-corrected chi connectivity index (χ0v) is 12.9. The number of hydrogen-bond donors (Lipinski definition) is 1. The lowest BCUT2D eigenvalue weighted by Crippen LogP contribution is -2.51. The topological polar surface area (TPSA) is 54.4 Å². The van der Waals surface area contributed by atoms with Gasteiger partial charge in [0.1, 0.15) is 0 Å². The molecule has 2 fully saturated rings. The van der Waals surface area contributed by atoms with Crippen molar-refractivity contribution in [3.05, 3.63) is 42.0 Å². The van der Waals surface area contributed by atoms with Crippen LogP contribution in [-0.4, -0.2) is 29.6 Å².